The fourth-order valence-electron chi connectivity index (χ4n) is 5.43. The maximum absolute atomic E-state index is 13.9. The lowest BCUT2D eigenvalue weighted by Gasteiger charge is -2.58. The SMILES string of the molecule is Cc1ccc(S(=O)(=O)N2C[C@@]3(C)O[C@](Cc4ccccc4)(Cc4ccccc43)[C@H]2C)cc1. The Labute approximate surface area is 190 Å². The van der Waals surface area contributed by atoms with Crippen molar-refractivity contribution in [2.24, 2.45) is 0 Å². The van der Waals surface area contributed by atoms with E-state index in [-0.39, 0.29) is 12.6 Å². The average molecular weight is 448 g/mol. The molecule has 2 aliphatic heterocycles. The summed E-state index contributed by atoms with van der Waals surface area (Å²) in [6, 6.07) is 25.4. The second kappa shape index (κ2) is 7.55. The molecule has 3 aromatic rings. The quantitative estimate of drug-likeness (QED) is 0.574. The van der Waals surface area contributed by atoms with Gasteiger partial charge < -0.3 is 4.74 Å². The first-order valence-corrected chi connectivity index (χ1v) is 12.6. The van der Waals surface area contributed by atoms with E-state index in [0.717, 1.165) is 16.7 Å². The number of aryl methyl sites for hydroxylation is 1. The molecule has 5 heteroatoms. The summed E-state index contributed by atoms with van der Waals surface area (Å²) in [6.07, 6.45) is 1.33. The predicted octanol–water partition coefficient (Wildman–Crippen LogP) is 4.86. The molecule has 0 spiro atoms. The van der Waals surface area contributed by atoms with Gasteiger partial charge in [-0.15, -0.1) is 0 Å². The number of hydrogen-bond acceptors (Lipinski definition) is 3. The zero-order chi connectivity index (χ0) is 22.6. The lowest BCUT2D eigenvalue weighted by molar-refractivity contribution is -0.226. The monoisotopic (exact) mass is 447 g/mol. The molecule has 4 nitrogen and oxygen atoms in total. The summed E-state index contributed by atoms with van der Waals surface area (Å²) >= 11 is 0. The van der Waals surface area contributed by atoms with Gasteiger partial charge in [0.05, 0.1) is 16.5 Å². The van der Waals surface area contributed by atoms with Gasteiger partial charge in [-0.05, 0) is 49.6 Å². The van der Waals surface area contributed by atoms with Crippen molar-refractivity contribution in [3.8, 4) is 0 Å². The minimum Gasteiger partial charge on any atom is -0.360 e. The van der Waals surface area contributed by atoms with Crippen molar-refractivity contribution in [3.63, 3.8) is 0 Å². The first-order valence-electron chi connectivity index (χ1n) is 11.1. The third-order valence-corrected chi connectivity index (χ3v) is 9.06. The van der Waals surface area contributed by atoms with Crippen molar-refractivity contribution in [3.05, 3.63) is 101 Å². The van der Waals surface area contributed by atoms with E-state index < -0.39 is 21.2 Å². The van der Waals surface area contributed by atoms with Crippen LogP contribution in [0.3, 0.4) is 0 Å². The van der Waals surface area contributed by atoms with E-state index in [9.17, 15) is 8.42 Å². The van der Waals surface area contributed by atoms with Gasteiger partial charge in [0.15, 0.2) is 0 Å². The third-order valence-electron chi connectivity index (χ3n) is 7.13. The Bertz CT molecular complexity index is 1240. The molecule has 0 N–H and O–H groups in total. The fraction of sp³-hybridized carbons (Fsp3) is 0.333. The highest BCUT2D eigenvalue weighted by atomic mass is 32.2. The summed E-state index contributed by atoms with van der Waals surface area (Å²) in [6.45, 7) is 6.29. The lowest BCUT2D eigenvalue weighted by atomic mass is 9.72. The van der Waals surface area contributed by atoms with E-state index in [2.05, 4.69) is 30.3 Å². The number of benzene rings is 3. The summed E-state index contributed by atoms with van der Waals surface area (Å²) in [5.41, 5.74) is 3.15. The Morgan fingerprint density at radius 3 is 2.34 bits per heavy atom. The molecular formula is C27H29NO3S. The smallest absolute Gasteiger partial charge is 0.243 e. The van der Waals surface area contributed by atoms with Crippen LogP contribution in [0.25, 0.3) is 0 Å². The van der Waals surface area contributed by atoms with Gasteiger partial charge in [0.2, 0.25) is 10.0 Å². The molecule has 166 valence electrons. The van der Waals surface area contributed by atoms with E-state index in [4.69, 9.17) is 4.74 Å². The van der Waals surface area contributed by atoms with Crippen LogP contribution in [0.4, 0.5) is 0 Å². The zero-order valence-corrected chi connectivity index (χ0v) is 19.6. The van der Waals surface area contributed by atoms with Crippen LogP contribution in [0, 0.1) is 6.92 Å². The van der Waals surface area contributed by atoms with Gasteiger partial charge in [-0.3, -0.25) is 0 Å². The van der Waals surface area contributed by atoms with Crippen LogP contribution in [-0.2, 0) is 33.2 Å². The molecule has 3 atom stereocenters. The summed E-state index contributed by atoms with van der Waals surface area (Å²) in [5, 5.41) is 0. The van der Waals surface area contributed by atoms with E-state index >= 15 is 0 Å². The van der Waals surface area contributed by atoms with Gasteiger partial charge in [0.25, 0.3) is 0 Å². The maximum Gasteiger partial charge on any atom is 0.243 e. The van der Waals surface area contributed by atoms with Crippen LogP contribution in [0.5, 0.6) is 0 Å². The fourth-order valence-corrected chi connectivity index (χ4v) is 7.20. The third kappa shape index (κ3) is 3.40. The predicted molar refractivity (Wildman–Crippen MR) is 126 cm³/mol. The largest absolute Gasteiger partial charge is 0.360 e. The summed E-state index contributed by atoms with van der Waals surface area (Å²) in [5.74, 6) is 0. The van der Waals surface area contributed by atoms with E-state index in [1.54, 1.807) is 16.4 Å². The Morgan fingerprint density at radius 2 is 1.62 bits per heavy atom. The van der Waals surface area contributed by atoms with E-state index in [0.29, 0.717) is 17.7 Å². The first kappa shape index (κ1) is 21.4. The summed E-state index contributed by atoms with van der Waals surface area (Å²) < 4.78 is 36.3. The minimum atomic E-state index is -3.69. The highest BCUT2D eigenvalue weighted by molar-refractivity contribution is 7.89. The molecular weight excluding hydrogens is 418 g/mol. The average Bonchev–Trinajstić information content (AvgIpc) is 2.77. The van der Waals surface area contributed by atoms with E-state index in [1.807, 2.05) is 57.2 Å². The van der Waals surface area contributed by atoms with Crippen LogP contribution in [0.1, 0.15) is 36.1 Å². The standard InChI is InChI=1S/C27H29NO3S/c1-20-13-15-24(16-14-20)32(29,30)28-19-26(3)25-12-8-7-11-23(25)18-27(31-26,21(28)2)17-22-9-5-4-6-10-22/h4-16,21H,17-19H2,1-3H3/t21-,26-,27-/m1/s1. The van der Waals surface area contributed by atoms with Gasteiger partial charge in [0, 0.05) is 19.4 Å². The van der Waals surface area contributed by atoms with Crippen LogP contribution in [0.15, 0.2) is 83.8 Å². The first-order chi connectivity index (χ1) is 15.2. The van der Waals surface area contributed by atoms with Crippen LogP contribution < -0.4 is 0 Å². The molecule has 5 rings (SSSR count). The number of nitrogens with zero attached hydrogens (tertiary/aromatic N) is 1. The molecule has 0 saturated carbocycles. The van der Waals surface area contributed by atoms with Crippen molar-refractivity contribution < 1.29 is 13.2 Å². The molecule has 2 aliphatic rings. The molecule has 2 heterocycles. The molecule has 1 fully saturated rings. The maximum atomic E-state index is 13.9. The van der Waals surface area contributed by atoms with Gasteiger partial charge >= 0.3 is 0 Å². The molecule has 0 amide bonds. The van der Waals surface area contributed by atoms with E-state index in [1.165, 1.54) is 5.56 Å². The summed E-state index contributed by atoms with van der Waals surface area (Å²) in [4.78, 5) is 0.335. The van der Waals surface area contributed by atoms with Gasteiger partial charge in [0.1, 0.15) is 5.60 Å². The molecule has 0 aromatic heterocycles. The Morgan fingerprint density at radius 1 is 0.969 bits per heavy atom. The number of morpholine rings is 1. The second-order valence-electron chi connectivity index (χ2n) is 9.43. The molecule has 3 aromatic carbocycles. The van der Waals surface area contributed by atoms with Crippen molar-refractivity contribution >= 4 is 10.0 Å². The molecule has 0 radical (unpaired) electrons. The van der Waals surface area contributed by atoms with Crippen molar-refractivity contribution in [1.82, 2.24) is 4.31 Å². The lowest BCUT2D eigenvalue weighted by Crippen LogP contribution is -2.69. The molecule has 0 aliphatic carbocycles. The van der Waals surface area contributed by atoms with Crippen molar-refractivity contribution in [2.45, 2.75) is 55.8 Å². The Hall–Kier alpha value is -2.47. The second-order valence-corrected chi connectivity index (χ2v) is 11.3. The minimum absolute atomic E-state index is 0.290. The number of rotatable bonds is 4. The number of sulfonamides is 1. The molecule has 32 heavy (non-hydrogen) atoms. The van der Waals surface area contributed by atoms with Gasteiger partial charge in [-0.2, -0.15) is 4.31 Å². The van der Waals surface area contributed by atoms with Crippen LogP contribution >= 0.6 is 0 Å². The van der Waals surface area contributed by atoms with Crippen LogP contribution in [0.2, 0.25) is 0 Å². The zero-order valence-electron chi connectivity index (χ0n) is 18.8. The number of ether oxygens (including phenoxy) is 1. The molecule has 1 saturated heterocycles. The van der Waals surface area contributed by atoms with Gasteiger partial charge in [-0.25, -0.2) is 8.42 Å². The summed E-state index contributed by atoms with van der Waals surface area (Å²) in [7, 11) is -3.69. The Kier molecular flexibility index (Phi) is 5.04. The van der Waals surface area contributed by atoms with Crippen LogP contribution in [-0.4, -0.2) is 30.9 Å². The number of hydrogen-bond donors (Lipinski definition) is 0. The highest BCUT2D eigenvalue weighted by Gasteiger charge is 2.58. The number of fused-ring (bicyclic) bond motifs is 4. The molecule has 0 unspecified atom stereocenters. The van der Waals surface area contributed by atoms with Gasteiger partial charge in [-0.1, -0.05) is 72.3 Å². The normalized spacial score (nSPS) is 27.7. The highest BCUT2D eigenvalue weighted by Crippen LogP contribution is 2.49. The molecule has 2 bridgehead atoms. The van der Waals surface area contributed by atoms with Crippen molar-refractivity contribution in [1.29, 1.82) is 0 Å². The van der Waals surface area contributed by atoms with Crippen molar-refractivity contribution in [2.75, 3.05) is 6.54 Å². The topological polar surface area (TPSA) is 46.6 Å². The Balaban J connectivity index is 1.65.